The molecular weight excluding hydrogens is 314 g/mol. The number of carbonyl (C=O) groups is 1. The van der Waals surface area contributed by atoms with E-state index in [0.29, 0.717) is 24.6 Å². The maximum Gasteiger partial charge on any atom is 0.273 e. The van der Waals surface area contributed by atoms with Crippen LogP contribution in [0.15, 0.2) is 48.7 Å². The van der Waals surface area contributed by atoms with E-state index >= 15 is 0 Å². The number of aromatic nitrogens is 3. The van der Waals surface area contributed by atoms with Crippen LogP contribution >= 0.6 is 0 Å². The summed E-state index contributed by atoms with van der Waals surface area (Å²) < 4.78 is 0. The number of para-hydroxylation sites is 1. The molecule has 0 bridgehead atoms. The Balaban J connectivity index is 1.55. The molecule has 0 radical (unpaired) electrons. The lowest BCUT2D eigenvalue weighted by Gasteiger charge is -2.35. The molecule has 1 saturated heterocycles. The van der Waals surface area contributed by atoms with E-state index in [0.717, 1.165) is 29.8 Å². The lowest BCUT2D eigenvalue weighted by atomic mass is 10.1. The normalized spacial score (nSPS) is 14.8. The van der Waals surface area contributed by atoms with Crippen molar-refractivity contribution < 1.29 is 4.79 Å². The Morgan fingerprint density at radius 2 is 1.72 bits per heavy atom. The number of amides is 1. The first kappa shape index (κ1) is 15.5. The third kappa shape index (κ3) is 3.03. The zero-order chi connectivity index (χ0) is 17.2. The van der Waals surface area contributed by atoms with E-state index in [1.54, 1.807) is 6.20 Å². The Kier molecular flexibility index (Phi) is 4.01. The lowest BCUT2D eigenvalue weighted by molar-refractivity contribution is 0.0742. The van der Waals surface area contributed by atoms with Crippen molar-refractivity contribution in [3.05, 3.63) is 60.2 Å². The van der Waals surface area contributed by atoms with E-state index in [9.17, 15) is 4.79 Å². The van der Waals surface area contributed by atoms with Gasteiger partial charge in [-0.3, -0.25) is 4.79 Å². The summed E-state index contributed by atoms with van der Waals surface area (Å²) in [6, 6.07) is 13.6. The first-order valence-electron chi connectivity index (χ1n) is 8.41. The largest absolute Gasteiger partial charge is 0.353 e. The number of benzene rings is 1. The van der Waals surface area contributed by atoms with Crippen LogP contribution in [0.1, 0.15) is 16.3 Å². The second-order valence-corrected chi connectivity index (χ2v) is 6.10. The number of pyridine rings is 1. The summed E-state index contributed by atoms with van der Waals surface area (Å²) in [4.78, 5) is 30.3. The van der Waals surface area contributed by atoms with Gasteiger partial charge in [0, 0.05) is 37.8 Å². The van der Waals surface area contributed by atoms with Crippen molar-refractivity contribution in [2.24, 2.45) is 0 Å². The molecule has 3 aromatic rings. The smallest absolute Gasteiger partial charge is 0.273 e. The summed E-state index contributed by atoms with van der Waals surface area (Å²) in [6.45, 7) is 4.68. The topological polar surface area (TPSA) is 62.2 Å². The maximum atomic E-state index is 13.0. The molecule has 0 N–H and O–H groups in total. The van der Waals surface area contributed by atoms with Crippen molar-refractivity contribution in [2.75, 3.05) is 31.1 Å². The molecule has 1 aliphatic heterocycles. The van der Waals surface area contributed by atoms with Gasteiger partial charge in [0.25, 0.3) is 5.91 Å². The Labute approximate surface area is 146 Å². The molecule has 0 atom stereocenters. The fourth-order valence-electron chi connectivity index (χ4n) is 3.18. The van der Waals surface area contributed by atoms with Crippen LogP contribution in [0.5, 0.6) is 0 Å². The first-order valence-corrected chi connectivity index (χ1v) is 8.41. The number of hydrogen-bond donors (Lipinski definition) is 0. The second-order valence-electron chi connectivity index (χ2n) is 6.10. The van der Waals surface area contributed by atoms with E-state index in [4.69, 9.17) is 0 Å². The summed E-state index contributed by atoms with van der Waals surface area (Å²) in [7, 11) is 0. The summed E-state index contributed by atoms with van der Waals surface area (Å²) in [6.07, 6.45) is 1.79. The van der Waals surface area contributed by atoms with E-state index < -0.39 is 0 Å². The van der Waals surface area contributed by atoms with Crippen LogP contribution < -0.4 is 4.90 Å². The van der Waals surface area contributed by atoms with Gasteiger partial charge in [-0.1, -0.05) is 24.3 Å². The standard InChI is InChI=1S/C19H19N5O/c1-14-21-16-7-3-2-6-15(16)18(22-14)19(25)24-12-10-23(11-13-24)17-8-4-5-9-20-17/h2-9H,10-13H2,1H3. The van der Waals surface area contributed by atoms with Crippen molar-refractivity contribution in [3.63, 3.8) is 0 Å². The Hall–Kier alpha value is -3.02. The van der Waals surface area contributed by atoms with Crippen molar-refractivity contribution in [1.82, 2.24) is 19.9 Å². The highest BCUT2D eigenvalue weighted by molar-refractivity contribution is 6.04. The van der Waals surface area contributed by atoms with Gasteiger partial charge >= 0.3 is 0 Å². The van der Waals surface area contributed by atoms with Crippen LogP contribution in [0.3, 0.4) is 0 Å². The quantitative estimate of drug-likeness (QED) is 0.720. The predicted octanol–water partition coefficient (Wildman–Crippen LogP) is 2.30. The third-order valence-electron chi connectivity index (χ3n) is 4.46. The van der Waals surface area contributed by atoms with Gasteiger partial charge in [-0.15, -0.1) is 0 Å². The molecule has 4 rings (SSSR count). The highest BCUT2D eigenvalue weighted by Crippen LogP contribution is 2.19. The van der Waals surface area contributed by atoms with Gasteiger partial charge < -0.3 is 9.80 Å². The highest BCUT2D eigenvalue weighted by atomic mass is 16.2. The molecule has 0 saturated carbocycles. The van der Waals surface area contributed by atoms with Crippen LogP contribution in [0.4, 0.5) is 5.82 Å². The van der Waals surface area contributed by atoms with Crippen LogP contribution in [-0.2, 0) is 0 Å². The average Bonchev–Trinajstić information content (AvgIpc) is 2.67. The number of piperazine rings is 1. The SMILES string of the molecule is Cc1nc(C(=O)N2CCN(c3ccccn3)CC2)c2ccccc2n1. The molecule has 1 amide bonds. The van der Waals surface area contributed by atoms with Crippen LogP contribution in [0.25, 0.3) is 10.9 Å². The lowest BCUT2D eigenvalue weighted by Crippen LogP contribution is -2.49. The van der Waals surface area contributed by atoms with E-state index in [1.807, 2.05) is 54.3 Å². The molecule has 0 unspecified atom stereocenters. The monoisotopic (exact) mass is 333 g/mol. The third-order valence-corrected chi connectivity index (χ3v) is 4.46. The molecule has 3 heterocycles. The Bertz CT molecular complexity index is 904. The fourth-order valence-corrected chi connectivity index (χ4v) is 3.18. The Morgan fingerprint density at radius 3 is 2.48 bits per heavy atom. The number of rotatable bonds is 2. The summed E-state index contributed by atoms with van der Waals surface area (Å²) in [5, 5.41) is 0.810. The van der Waals surface area contributed by atoms with E-state index in [2.05, 4.69) is 19.9 Å². The summed E-state index contributed by atoms with van der Waals surface area (Å²) in [5.74, 6) is 1.55. The minimum absolute atomic E-state index is 0.0256. The Morgan fingerprint density at radius 1 is 0.960 bits per heavy atom. The zero-order valence-electron chi connectivity index (χ0n) is 14.1. The molecule has 6 heteroatoms. The average molecular weight is 333 g/mol. The minimum Gasteiger partial charge on any atom is -0.353 e. The van der Waals surface area contributed by atoms with Gasteiger partial charge in [0.15, 0.2) is 0 Å². The second kappa shape index (κ2) is 6.47. The fraction of sp³-hybridized carbons (Fsp3) is 0.263. The molecule has 1 aromatic carbocycles. The molecule has 0 spiro atoms. The van der Waals surface area contributed by atoms with Crippen LogP contribution in [-0.4, -0.2) is 51.9 Å². The number of hydrogen-bond acceptors (Lipinski definition) is 5. The summed E-state index contributed by atoms with van der Waals surface area (Å²) in [5.41, 5.74) is 1.31. The van der Waals surface area contributed by atoms with Crippen LogP contribution in [0.2, 0.25) is 0 Å². The number of carbonyl (C=O) groups excluding carboxylic acids is 1. The van der Waals surface area contributed by atoms with Crippen molar-refractivity contribution in [2.45, 2.75) is 6.92 Å². The number of anilines is 1. The predicted molar refractivity (Wildman–Crippen MR) is 96.6 cm³/mol. The molecule has 2 aromatic heterocycles. The van der Waals surface area contributed by atoms with Gasteiger partial charge in [-0.2, -0.15) is 0 Å². The van der Waals surface area contributed by atoms with Gasteiger partial charge in [0.2, 0.25) is 0 Å². The van der Waals surface area contributed by atoms with E-state index in [1.165, 1.54) is 0 Å². The number of nitrogens with zero attached hydrogens (tertiary/aromatic N) is 5. The molecule has 1 fully saturated rings. The minimum atomic E-state index is -0.0256. The van der Waals surface area contributed by atoms with Crippen molar-refractivity contribution >= 4 is 22.6 Å². The number of aryl methyl sites for hydroxylation is 1. The highest BCUT2D eigenvalue weighted by Gasteiger charge is 2.25. The van der Waals surface area contributed by atoms with Gasteiger partial charge in [0.1, 0.15) is 17.3 Å². The molecule has 126 valence electrons. The van der Waals surface area contributed by atoms with Crippen molar-refractivity contribution in [1.29, 1.82) is 0 Å². The summed E-state index contributed by atoms with van der Waals surface area (Å²) >= 11 is 0. The zero-order valence-corrected chi connectivity index (χ0v) is 14.1. The number of fused-ring (bicyclic) bond motifs is 1. The first-order chi connectivity index (χ1) is 12.2. The van der Waals surface area contributed by atoms with Crippen molar-refractivity contribution in [3.8, 4) is 0 Å². The molecule has 6 nitrogen and oxygen atoms in total. The molecule has 25 heavy (non-hydrogen) atoms. The van der Waals surface area contributed by atoms with Gasteiger partial charge in [-0.25, -0.2) is 15.0 Å². The van der Waals surface area contributed by atoms with Gasteiger partial charge in [0.05, 0.1) is 5.52 Å². The molecule has 1 aliphatic rings. The van der Waals surface area contributed by atoms with Gasteiger partial charge in [-0.05, 0) is 25.1 Å². The maximum absolute atomic E-state index is 13.0. The van der Waals surface area contributed by atoms with E-state index in [-0.39, 0.29) is 5.91 Å². The van der Waals surface area contributed by atoms with Crippen LogP contribution in [0, 0.1) is 6.92 Å². The molecule has 0 aliphatic carbocycles. The molecular formula is C19H19N5O.